The summed E-state index contributed by atoms with van der Waals surface area (Å²) < 4.78 is 0. The minimum atomic E-state index is -0.919. The van der Waals surface area contributed by atoms with Crippen molar-refractivity contribution in [3.8, 4) is 18.1 Å². The number of phenols is 1. The van der Waals surface area contributed by atoms with Crippen molar-refractivity contribution in [3.63, 3.8) is 0 Å². The number of rotatable bonds is 1. The SMILES string of the molecule is C#C[C@]1(O)CC[C@H]2[C@@H]3CCc4cc(O)ccc4[C@H]3CC[C@@]21C.O=C(O)c1ccccc1. The van der Waals surface area contributed by atoms with Gasteiger partial charge in [-0.3, -0.25) is 0 Å². The van der Waals surface area contributed by atoms with Crippen molar-refractivity contribution >= 4 is 5.97 Å². The topological polar surface area (TPSA) is 77.8 Å². The lowest BCUT2D eigenvalue weighted by Gasteiger charge is -2.52. The smallest absolute Gasteiger partial charge is 0.335 e. The van der Waals surface area contributed by atoms with E-state index in [0.29, 0.717) is 29.1 Å². The Bertz CT molecular complexity index is 1010. The van der Waals surface area contributed by atoms with Crippen molar-refractivity contribution in [3.05, 3.63) is 65.2 Å². The molecule has 0 aliphatic heterocycles. The third kappa shape index (κ3) is 3.62. The van der Waals surface area contributed by atoms with Gasteiger partial charge in [-0.25, -0.2) is 4.79 Å². The lowest BCUT2D eigenvalue weighted by molar-refractivity contribution is -0.0646. The Morgan fingerprint density at radius 3 is 2.48 bits per heavy atom. The average Bonchev–Trinajstić information content (AvgIpc) is 3.06. The molecule has 3 aliphatic rings. The van der Waals surface area contributed by atoms with Crippen molar-refractivity contribution in [1.29, 1.82) is 0 Å². The van der Waals surface area contributed by atoms with E-state index in [1.807, 2.05) is 12.1 Å². The number of hydrogen-bond donors (Lipinski definition) is 3. The van der Waals surface area contributed by atoms with Gasteiger partial charge in [0.25, 0.3) is 0 Å². The molecule has 5 atom stereocenters. The summed E-state index contributed by atoms with van der Waals surface area (Å²) in [7, 11) is 0. The molecule has 2 aromatic rings. The highest BCUT2D eigenvalue weighted by molar-refractivity contribution is 5.87. The van der Waals surface area contributed by atoms with Crippen molar-refractivity contribution in [2.24, 2.45) is 17.3 Å². The van der Waals surface area contributed by atoms with Crippen LogP contribution in [-0.4, -0.2) is 26.9 Å². The molecule has 0 spiro atoms. The molecule has 3 N–H and O–H groups in total. The normalized spacial score (nSPS) is 33.0. The van der Waals surface area contributed by atoms with Crippen LogP contribution in [0.1, 0.15) is 66.4 Å². The molecule has 0 unspecified atom stereocenters. The quantitative estimate of drug-likeness (QED) is 0.570. The number of aryl methyl sites for hydroxylation is 1. The maximum absolute atomic E-state index is 10.9. The summed E-state index contributed by atoms with van der Waals surface area (Å²) in [4.78, 5) is 10.2. The summed E-state index contributed by atoms with van der Waals surface area (Å²) in [5.41, 5.74) is 2.02. The first kappa shape index (κ1) is 21.5. The third-order valence-corrected chi connectivity index (χ3v) is 8.12. The number of carbonyl (C=O) groups is 1. The van der Waals surface area contributed by atoms with Gasteiger partial charge < -0.3 is 15.3 Å². The Hall–Kier alpha value is -2.77. The monoisotopic (exact) mass is 418 g/mol. The largest absolute Gasteiger partial charge is 0.508 e. The van der Waals surface area contributed by atoms with Crippen LogP contribution in [0.2, 0.25) is 0 Å². The minimum Gasteiger partial charge on any atom is -0.508 e. The molecule has 2 aromatic carbocycles. The molecule has 31 heavy (non-hydrogen) atoms. The molecule has 3 aliphatic carbocycles. The first-order valence-electron chi connectivity index (χ1n) is 11.1. The number of carboxylic acids is 1. The van der Waals surface area contributed by atoms with Gasteiger partial charge in [-0.2, -0.15) is 0 Å². The van der Waals surface area contributed by atoms with E-state index in [2.05, 4.69) is 18.9 Å². The number of aliphatic hydroxyl groups is 1. The van der Waals surface area contributed by atoms with Gasteiger partial charge in [0.1, 0.15) is 11.4 Å². The highest BCUT2D eigenvalue weighted by Crippen LogP contribution is 2.64. The predicted octanol–water partition coefficient (Wildman–Crippen LogP) is 5.00. The van der Waals surface area contributed by atoms with Crippen molar-refractivity contribution < 1.29 is 20.1 Å². The van der Waals surface area contributed by atoms with Crippen LogP contribution < -0.4 is 0 Å². The Labute approximate surface area is 183 Å². The van der Waals surface area contributed by atoms with E-state index in [4.69, 9.17) is 11.5 Å². The second-order valence-corrected chi connectivity index (χ2v) is 9.47. The van der Waals surface area contributed by atoms with Crippen LogP contribution in [0.5, 0.6) is 5.75 Å². The maximum Gasteiger partial charge on any atom is 0.335 e. The number of terminal acetylenes is 1. The Balaban J connectivity index is 0.000000217. The summed E-state index contributed by atoms with van der Waals surface area (Å²) >= 11 is 0. The van der Waals surface area contributed by atoms with Gasteiger partial charge in [-0.1, -0.05) is 37.1 Å². The van der Waals surface area contributed by atoms with Gasteiger partial charge in [0.2, 0.25) is 0 Å². The molecule has 4 heteroatoms. The number of carboxylic acid groups (broad SMARTS) is 1. The van der Waals surface area contributed by atoms with Gasteiger partial charge in [0.15, 0.2) is 0 Å². The minimum absolute atomic E-state index is 0.128. The van der Waals surface area contributed by atoms with E-state index in [0.717, 1.165) is 38.5 Å². The second-order valence-electron chi connectivity index (χ2n) is 9.47. The van der Waals surface area contributed by atoms with E-state index >= 15 is 0 Å². The maximum atomic E-state index is 10.9. The van der Waals surface area contributed by atoms with Gasteiger partial charge >= 0.3 is 5.97 Å². The van der Waals surface area contributed by atoms with E-state index in [9.17, 15) is 15.0 Å². The molecule has 162 valence electrons. The fraction of sp³-hybridized carbons (Fsp3) is 0.444. The molecule has 0 amide bonds. The summed E-state index contributed by atoms with van der Waals surface area (Å²) in [6, 6.07) is 14.2. The fourth-order valence-electron chi connectivity index (χ4n) is 6.40. The molecular weight excluding hydrogens is 388 g/mol. The molecule has 0 aromatic heterocycles. The molecular formula is C27H30O4. The van der Waals surface area contributed by atoms with E-state index < -0.39 is 11.6 Å². The fourth-order valence-corrected chi connectivity index (χ4v) is 6.40. The van der Waals surface area contributed by atoms with Crippen LogP contribution in [0.15, 0.2) is 48.5 Å². The third-order valence-electron chi connectivity index (χ3n) is 8.12. The molecule has 0 saturated heterocycles. The predicted molar refractivity (Wildman–Crippen MR) is 120 cm³/mol. The molecule has 2 saturated carbocycles. The molecule has 2 fully saturated rings. The standard InChI is InChI=1S/C20H24O2.C7H6O2/c1-3-20(22)11-9-18-17-6-4-13-12-14(21)5-7-15(13)16(17)8-10-19(18,20)2;8-7(9)6-4-2-1-3-5-6/h1,5,7,12,16-18,21-22H,4,6,8-11H2,2H3;1-5H,(H,8,9)/t16-,17-,18+,19+,20+;/m1./s1. The highest BCUT2D eigenvalue weighted by Gasteiger charge is 2.61. The van der Waals surface area contributed by atoms with Crippen LogP contribution in [0.3, 0.4) is 0 Å². The van der Waals surface area contributed by atoms with Crippen molar-refractivity contribution in [2.75, 3.05) is 0 Å². The number of phenolic OH excluding ortho intramolecular Hbond substituents is 1. The van der Waals surface area contributed by atoms with Gasteiger partial charge in [0.05, 0.1) is 5.56 Å². The lowest BCUT2D eigenvalue weighted by Crippen LogP contribution is -2.50. The summed E-state index contributed by atoms with van der Waals surface area (Å²) in [5, 5.41) is 29.0. The Morgan fingerprint density at radius 1 is 1.10 bits per heavy atom. The Kier molecular flexibility index (Phi) is 5.58. The number of benzene rings is 2. The zero-order valence-corrected chi connectivity index (χ0v) is 17.9. The molecule has 0 heterocycles. The van der Waals surface area contributed by atoms with Gasteiger partial charge in [-0.05, 0) is 91.7 Å². The Morgan fingerprint density at radius 2 is 1.84 bits per heavy atom. The van der Waals surface area contributed by atoms with E-state index in [1.54, 1.807) is 30.3 Å². The molecule has 0 radical (unpaired) electrons. The van der Waals surface area contributed by atoms with Crippen molar-refractivity contribution in [1.82, 2.24) is 0 Å². The summed E-state index contributed by atoms with van der Waals surface area (Å²) in [6.45, 7) is 2.22. The first-order valence-corrected chi connectivity index (χ1v) is 11.1. The average molecular weight is 419 g/mol. The molecule has 0 bridgehead atoms. The zero-order chi connectivity index (χ0) is 22.2. The van der Waals surface area contributed by atoms with Crippen LogP contribution in [0.4, 0.5) is 0 Å². The molecule has 4 nitrogen and oxygen atoms in total. The summed E-state index contributed by atoms with van der Waals surface area (Å²) in [6.07, 6.45) is 11.8. The van der Waals surface area contributed by atoms with E-state index in [-0.39, 0.29) is 5.41 Å². The van der Waals surface area contributed by atoms with Crippen LogP contribution in [0.25, 0.3) is 0 Å². The highest BCUT2D eigenvalue weighted by atomic mass is 16.4. The van der Waals surface area contributed by atoms with Crippen molar-refractivity contribution in [2.45, 2.75) is 57.0 Å². The second kappa shape index (κ2) is 8.05. The number of hydrogen-bond acceptors (Lipinski definition) is 3. The number of fused-ring (bicyclic) bond motifs is 5. The number of aromatic hydroxyl groups is 1. The number of aromatic carboxylic acids is 1. The van der Waals surface area contributed by atoms with Crippen LogP contribution in [0, 0.1) is 29.6 Å². The molecule has 5 rings (SSSR count). The van der Waals surface area contributed by atoms with Crippen LogP contribution in [-0.2, 0) is 6.42 Å². The summed E-state index contributed by atoms with van der Waals surface area (Å²) in [5.74, 6) is 3.94. The zero-order valence-electron chi connectivity index (χ0n) is 17.9. The van der Waals surface area contributed by atoms with E-state index in [1.165, 1.54) is 11.1 Å². The van der Waals surface area contributed by atoms with Gasteiger partial charge in [-0.15, -0.1) is 6.42 Å². The van der Waals surface area contributed by atoms with Crippen LogP contribution >= 0.6 is 0 Å². The lowest BCUT2D eigenvalue weighted by atomic mass is 9.53. The first-order chi connectivity index (χ1) is 14.8. The van der Waals surface area contributed by atoms with Gasteiger partial charge in [0, 0.05) is 5.41 Å².